The highest BCUT2D eigenvalue weighted by atomic mass is 16.6. The highest BCUT2D eigenvalue weighted by molar-refractivity contribution is 5.89. The summed E-state index contributed by atoms with van der Waals surface area (Å²) in [5.41, 5.74) is 6.52. The number of carbonyl (C=O) groups is 1. The van der Waals surface area contributed by atoms with Gasteiger partial charge in [-0.05, 0) is 57.2 Å². The number of aliphatic hydroxyl groups excluding tert-OH is 1. The van der Waals surface area contributed by atoms with Crippen molar-refractivity contribution in [3.63, 3.8) is 0 Å². The van der Waals surface area contributed by atoms with E-state index in [1.54, 1.807) is 6.92 Å². The lowest BCUT2D eigenvalue weighted by atomic mass is 9.77. The van der Waals surface area contributed by atoms with Crippen LogP contribution in [0.5, 0.6) is 0 Å². The van der Waals surface area contributed by atoms with Crippen LogP contribution in [0.25, 0.3) is 22.5 Å². The first-order valence-electron chi connectivity index (χ1n) is 19.9. The molecule has 0 aliphatic rings. The molecular weight excluding hydrogens is 757 g/mol. The number of aryl methyl sites for hydroxylation is 2. The summed E-state index contributed by atoms with van der Waals surface area (Å²) in [7, 11) is 0. The molecule has 0 aliphatic carbocycles. The number of imidazole rings is 1. The molecule has 8 aromatic rings. The van der Waals surface area contributed by atoms with Crippen LogP contribution >= 0.6 is 0 Å². The van der Waals surface area contributed by atoms with Crippen molar-refractivity contribution < 1.29 is 23.5 Å². The zero-order valence-electron chi connectivity index (χ0n) is 33.6. The average molecular weight is 801 g/mol. The average Bonchev–Trinajstić information content (AvgIpc) is 4.01. The minimum Gasteiger partial charge on any atom is -0.453 e. The van der Waals surface area contributed by atoms with Gasteiger partial charge in [-0.2, -0.15) is 0 Å². The fourth-order valence-corrected chi connectivity index (χ4v) is 7.93. The van der Waals surface area contributed by atoms with Gasteiger partial charge in [-0.1, -0.05) is 153 Å². The van der Waals surface area contributed by atoms with E-state index in [9.17, 15) is 14.7 Å². The van der Waals surface area contributed by atoms with E-state index < -0.39 is 23.2 Å². The predicted molar refractivity (Wildman–Crippen MR) is 225 cm³/mol. The van der Waals surface area contributed by atoms with E-state index in [0.717, 1.165) is 45.4 Å². The van der Waals surface area contributed by atoms with Gasteiger partial charge in [-0.3, -0.25) is 0 Å². The summed E-state index contributed by atoms with van der Waals surface area (Å²) in [5, 5.41) is 24.1. The van der Waals surface area contributed by atoms with Crippen molar-refractivity contribution in [1.82, 2.24) is 29.8 Å². The maximum absolute atomic E-state index is 13.5. The second kappa shape index (κ2) is 17.4. The third-order valence-electron chi connectivity index (χ3n) is 10.8. The van der Waals surface area contributed by atoms with Crippen molar-refractivity contribution in [2.45, 2.75) is 58.2 Å². The van der Waals surface area contributed by atoms with E-state index in [1.165, 1.54) is 0 Å². The Morgan fingerprint density at radius 1 is 0.800 bits per heavy atom. The Hall–Kier alpha value is -7.18. The molecule has 302 valence electrons. The number of nitrogens with zero attached hydrogens (tertiary/aromatic N) is 6. The topological polar surface area (TPSA) is 151 Å². The van der Waals surface area contributed by atoms with Crippen LogP contribution in [0.2, 0.25) is 0 Å². The van der Waals surface area contributed by atoms with E-state index in [-0.39, 0.29) is 30.4 Å². The number of benzene rings is 5. The minimum absolute atomic E-state index is 0.115. The molecule has 0 saturated heterocycles. The first-order chi connectivity index (χ1) is 29.3. The van der Waals surface area contributed by atoms with Crippen molar-refractivity contribution >= 4 is 5.97 Å². The van der Waals surface area contributed by atoms with Gasteiger partial charge in [0.1, 0.15) is 11.4 Å². The fourth-order valence-electron chi connectivity index (χ4n) is 7.93. The monoisotopic (exact) mass is 800 g/mol. The number of carbonyl (C=O) groups excluding carboxylic acids is 1. The SMILES string of the molecule is CCCc1nc(C(=O)OCc2oc(=O)oc2C)c(C(C)CO)n1Cc1ccc(-c2ccccc2-c2nnnn2C(c2ccccc2)(c2ccccc2)c2ccccc2)cc1. The van der Waals surface area contributed by atoms with Gasteiger partial charge in [0.2, 0.25) is 0 Å². The molecule has 0 fully saturated rings. The highest BCUT2D eigenvalue weighted by Gasteiger charge is 2.42. The molecule has 1 N–H and O–H groups in total. The Labute approximate surface area is 346 Å². The Morgan fingerprint density at radius 2 is 1.38 bits per heavy atom. The van der Waals surface area contributed by atoms with Crippen molar-refractivity contribution in [3.05, 3.63) is 201 Å². The second-order valence-electron chi connectivity index (χ2n) is 14.7. The lowest BCUT2D eigenvalue weighted by Crippen LogP contribution is -2.39. The number of aliphatic hydroxyl groups is 1. The summed E-state index contributed by atoms with van der Waals surface area (Å²) < 4.78 is 19.4. The summed E-state index contributed by atoms with van der Waals surface area (Å²) in [6, 6.07) is 47.3. The molecule has 0 amide bonds. The van der Waals surface area contributed by atoms with Crippen LogP contribution in [0.3, 0.4) is 0 Å². The van der Waals surface area contributed by atoms with Crippen LogP contribution in [0, 0.1) is 6.92 Å². The number of hydrogen-bond acceptors (Lipinski definition) is 10. The number of aromatic nitrogens is 6. The van der Waals surface area contributed by atoms with Crippen LogP contribution in [-0.2, 0) is 29.8 Å². The third-order valence-corrected chi connectivity index (χ3v) is 10.8. The number of tetrazole rings is 1. The molecule has 8 rings (SSSR count). The quantitative estimate of drug-likeness (QED) is 0.0791. The molecule has 0 radical (unpaired) electrons. The largest absolute Gasteiger partial charge is 0.519 e. The van der Waals surface area contributed by atoms with Gasteiger partial charge in [0.05, 0.1) is 12.3 Å². The van der Waals surface area contributed by atoms with E-state index in [0.29, 0.717) is 30.3 Å². The van der Waals surface area contributed by atoms with Gasteiger partial charge in [0, 0.05) is 24.4 Å². The molecule has 60 heavy (non-hydrogen) atoms. The number of hydrogen-bond donors (Lipinski definition) is 1. The second-order valence-corrected chi connectivity index (χ2v) is 14.7. The van der Waals surface area contributed by atoms with Gasteiger partial charge in [0.15, 0.2) is 29.6 Å². The van der Waals surface area contributed by atoms with Crippen LogP contribution in [0.4, 0.5) is 0 Å². The van der Waals surface area contributed by atoms with E-state index in [1.807, 2.05) is 95.9 Å². The number of esters is 1. The lowest BCUT2D eigenvalue weighted by molar-refractivity contribution is 0.0433. The predicted octanol–water partition coefficient (Wildman–Crippen LogP) is 8.35. The van der Waals surface area contributed by atoms with Crippen molar-refractivity contribution in [2.75, 3.05) is 6.61 Å². The maximum atomic E-state index is 13.5. The molecule has 0 spiro atoms. The van der Waals surface area contributed by atoms with E-state index in [4.69, 9.17) is 28.9 Å². The van der Waals surface area contributed by atoms with Crippen molar-refractivity contribution in [2.24, 2.45) is 0 Å². The molecule has 3 heterocycles. The lowest BCUT2D eigenvalue weighted by Gasteiger charge is -2.36. The van der Waals surface area contributed by atoms with Gasteiger partial charge in [0.25, 0.3) is 0 Å². The summed E-state index contributed by atoms with van der Waals surface area (Å²) in [4.78, 5) is 29.8. The van der Waals surface area contributed by atoms with Crippen LogP contribution in [-0.4, -0.2) is 47.4 Å². The highest BCUT2D eigenvalue weighted by Crippen LogP contribution is 2.43. The normalized spacial score (nSPS) is 12.1. The summed E-state index contributed by atoms with van der Waals surface area (Å²) in [6.45, 7) is 5.35. The number of rotatable bonds is 15. The molecule has 0 bridgehead atoms. The zero-order chi connectivity index (χ0) is 41.6. The molecule has 0 aliphatic heterocycles. The van der Waals surface area contributed by atoms with Gasteiger partial charge in [-0.15, -0.1) is 5.10 Å². The summed E-state index contributed by atoms with van der Waals surface area (Å²) in [5.74, 6) is -0.320. The first kappa shape index (κ1) is 39.6. The maximum Gasteiger partial charge on any atom is 0.519 e. The minimum atomic E-state index is -0.913. The Kier molecular flexibility index (Phi) is 11.5. The zero-order valence-corrected chi connectivity index (χ0v) is 33.6. The van der Waals surface area contributed by atoms with E-state index in [2.05, 4.69) is 71.9 Å². The standard InChI is InChI=1S/C48H44N6O6/c1-4-16-42-49-43(46(56)58-31-41-33(3)59-47(57)60-41)44(32(2)30-55)53(42)29-34-25-27-35(28-26-34)39-23-14-15-24-40(39)45-50-51-52-54(45)48(36-17-8-5-9-18-36,37-19-10-6-11-20-37)38-21-12-7-13-22-38/h5-15,17-28,32,55H,4,16,29-31H2,1-3H3. The van der Waals surface area contributed by atoms with Crippen molar-refractivity contribution in [3.8, 4) is 22.5 Å². The Morgan fingerprint density at radius 3 is 1.93 bits per heavy atom. The Bertz CT molecular complexity index is 2660. The van der Waals surface area contributed by atoms with Gasteiger partial charge in [-0.25, -0.2) is 19.3 Å². The molecule has 1 atom stereocenters. The molecule has 0 saturated carbocycles. The smallest absolute Gasteiger partial charge is 0.453 e. The number of ether oxygens (including phenoxy) is 1. The van der Waals surface area contributed by atoms with Gasteiger partial charge >= 0.3 is 11.8 Å². The molecular formula is C48H44N6O6. The molecule has 12 nitrogen and oxygen atoms in total. The molecule has 3 aromatic heterocycles. The van der Waals surface area contributed by atoms with Crippen molar-refractivity contribution in [1.29, 1.82) is 0 Å². The summed E-state index contributed by atoms with van der Waals surface area (Å²) >= 11 is 0. The first-order valence-corrected chi connectivity index (χ1v) is 19.9. The molecule has 12 heteroatoms. The molecule has 1 unspecified atom stereocenters. The third kappa shape index (κ3) is 7.48. The van der Waals surface area contributed by atoms with Crippen LogP contribution in [0.15, 0.2) is 153 Å². The Balaban J connectivity index is 1.17. The fraction of sp³-hybridized carbons (Fsp3) is 0.208. The molecule has 5 aromatic carbocycles. The summed E-state index contributed by atoms with van der Waals surface area (Å²) in [6.07, 6.45) is 1.39. The van der Waals surface area contributed by atoms with E-state index >= 15 is 0 Å². The van der Waals surface area contributed by atoms with Crippen LogP contribution in [0.1, 0.15) is 82.0 Å². The van der Waals surface area contributed by atoms with Crippen LogP contribution < -0.4 is 5.82 Å². The van der Waals surface area contributed by atoms with Gasteiger partial charge < -0.3 is 23.2 Å².